The zero-order valence-corrected chi connectivity index (χ0v) is 14.6. The normalized spacial score (nSPS) is 11.1. The first-order valence-electron chi connectivity index (χ1n) is 7.79. The number of benzene rings is 2. The Labute approximate surface area is 142 Å². The van der Waals surface area contributed by atoms with E-state index in [-0.39, 0.29) is 22.3 Å². The van der Waals surface area contributed by atoms with Crippen molar-refractivity contribution in [2.24, 2.45) is 0 Å². The van der Waals surface area contributed by atoms with Crippen molar-refractivity contribution in [3.8, 4) is 5.75 Å². The highest BCUT2D eigenvalue weighted by atomic mass is 32.2. The summed E-state index contributed by atoms with van der Waals surface area (Å²) in [6.07, 6.45) is 0. The Morgan fingerprint density at radius 2 is 1.46 bits per heavy atom. The fraction of sp³-hybridized carbons (Fsp3) is 0.278. The summed E-state index contributed by atoms with van der Waals surface area (Å²) < 4.78 is 30.4. The fourth-order valence-corrected chi connectivity index (χ4v) is 3.55. The standard InChI is InChI=1S/C18H21NO4S/c1-3-19(4-2)18(20)14-23-15-10-12-17(13-11-15)24(21,22)16-8-6-5-7-9-16/h5-13H,3-4,14H2,1-2H3. The molecule has 0 spiro atoms. The molecule has 2 aromatic rings. The highest BCUT2D eigenvalue weighted by molar-refractivity contribution is 7.91. The smallest absolute Gasteiger partial charge is 0.260 e. The van der Waals surface area contributed by atoms with E-state index in [9.17, 15) is 13.2 Å². The first-order chi connectivity index (χ1) is 11.5. The minimum atomic E-state index is -3.54. The summed E-state index contributed by atoms with van der Waals surface area (Å²) in [5.41, 5.74) is 0. The van der Waals surface area contributed by atoms with Crippen LogP contribution >= 0.6 is 0 Å². The van der Waals surface area contributed by atoms with Crippen LogP contribution in [0.2, 0.25) is 0 Å². The molecule has 0 heterocycles. The van der Waals surface area contributed by atoms with Gasteiger partial charge in [-0.25, -0.2) is 8.42 Å². The average Bonchev–Trinajstić information content (AvgIpc) is 2.62. The topological polar surface area (TPSA) is 63.7 Å². The van der Waals surface area contributed by atoms with Crippen molar-refractivity contribution < 1.29 is 17.9 Å². The van der Waals surface area contributed by atoms with Crippen LogP contribution in [0, 0.1) is 0 Å². The molecule has 0 fully saturated rings. The van der Waals surface area contributed by atoms with Gasteiger partial charge < -0.3 is 9.64 Å². The van der Waals surface area contributed by atoms with Crippen molar-refractivity contribution >= 4 is 15.7 Å². The molecule has 0 bridgehead atoms. The van der Waals surface area contributed by atoms with Gasteiger partial charge in [0.05, 0.1) is 9.79 Å². The van der Waals surface area contributed by atoms with Crippen LogP contribution in [-0.2, 0) is 14.6 Å². The van der Waals surface area contributed by atoms with Crippen molar-refractivity contribution in [3.63, 3.8) is 0 Å². The summed E-state index contributed by atoms with van der Waals surface area (Å²) in [6, 6.07) is 14.3. The van der Waals surface area contributed by atoms with Crippen LogP contribution in [0.3, 0.4) is 0 Å². The van der Waals surface area contributed by atoms with Gasteiger partial charge >= 0.3 is 0 Å². The minimum Gasteiger partial charge on any atom is -0.484 e. The van der Waals surface area contributed by atoms with E-state index >= 15 is 0 Å². The van der Waals surface area contributed by atoms with Gasteiger partial charge in [-0.15, -0.1) is 0 Å². The van der Waals surface area contributed by atoms with Crippen LogP contribution in [-0.4, -0.2) is 38.9 Å². The van der Waals surface area contributed by atoms with E-state index in [1.54, 1.807) is 47.4 Å². The summed E-state index contributed by atoms with van der Waals surface area (Å²) in [5.74, 6) is 0.364. The lowest BCUT2D eigenvalue weighted by Crippen LogP contribution is -2.34. The van der Waals surface area contributed by atoms with Gasteiger partial charge in [0, 0.05) is 13.1 Å². The molecular weight excluding hydrogens is 326 g/mol. The Kier molecular flexibility index (Phi) is 5.98. The SMILES string of the molecule is CCN(CC)C(=O)COc1ccc(S(=O)(=O)c2ccccc2)cc1. The number of rotatable bonds is 7. The van der Waals surface area contributed by atoms with Gasteiger partial charge in [-0.2, -0.15) is 0 Å². The van der Waals surface area contributed by atoms with E-state index in [4.69, 9.17) is 4.74 Å². The van der Waals surface area contributed by atoms with Crippen molar-refractivity contribution in [2.45, 2.75) is 23.6 Å². The lowest BCUT2D eigenvalue weighted by atomic mass is 10.3. The summed E-state index contributed by atoms with van der Waals surface area (Å²) in [4.78, 5) is 14.0. The van der Waals surface area contributed by atoms with Crippen LogP contribution in [0.4, 0.5) is 0 Å². The van der Waals surface area contributed by atoms with Gasteiger partial charge in [-0.3, -0.25) is 4.79 Å². The van der Waals surface area contributed by atoms with Gasteiger partial charge in [-0.05, 0) is 50.2 Å². The molecule has 2 rings (SSSR count). The van der Waals surface area contributed by atoms with Crippen LogP contribution < -0.4 is 4.74 Å². The zero-order valence-electron chi connectivity index (χ0n) is 13.8. The van der Waals surface area contributed by atoms with Crippen LogP contribution in [0.1, 0.15) is 13.8 Å². The summed E-state index contributed by atoms with van der Waals surface area (Å²) in [6.45, 7) is 5.02. The molecule has 0 saturated heterocycles. The fourth-order valence-electron chi connectivity index (χ4n) is 2.26. The van der Waals surface area contributed by atoms with E-state index in [2.05, 4.69) is 0 Å². The maximum absolute atomic E-state index is 12.5. The average molecular weight is 347 g/mol. The molecule has 0 aliphatic carbocycles. The maximum atomic E-state index is 12.5. The second-order valence-corrected chi connectivity index (χ2v) is 7.09. The number of ether oxygens (including phenoxy) is 1. The molecule has 6 heteroatoms. The molecule has 0 N–H and O–H groups in total. The molecule has 0 aliphatic heterocycles. The molecular formula is C18H21NO4S. The third kappa shape index (κ3) is 4.14. The zero-order chi connectivity index (χ0) is 17.6. The van der Waals surface area contributed by atoms with Gasteiger partial charge in [0.15, 0.2) is 6.61 Å². The molecule has 128 valence electrons. The number of hydrogen-bond acceptors (Lipinski definition) is 4. The second-order valence-electron chi connectivity index (χ2n) is 5.14. The van der Waals surface area contributed by atoms with E-state index in [1.807, 2.05) is 13.8 Å². The molecule has 0 aliphatic rings. The van der Waals surface area contributed by atoms with Gasteiger partial charge in [0.25, 0.3) is 5.91 Å². The van der Waals surface area contributed by atoms with Crippen molar-refractivity contribution in [2.75, 3.05) is 19.7 Å². The van der Waals surface area contributed by atoms with Gasteiger partial charge in [-0.1, -0.05) is 18.2 Å². The van der Waals surface area contributed by atoms with E-state index in [1.165, 1.54) is 12.1 Å². The van der Waals surface area contributed by atoms with Crippen molar-refractivity contribution in [1.82, 2.24) is 4.90 Å². The van der Waals surface area contributed by atoms with E-state index in [0.29, 0.717) is 18.8 Å². The van der Waals surface area contributed by atoms with E-state index < -0.39 is 9.84 Å². The number of amides is 1. The van der Waals surface area contributed by atoms with Crippen LogP contribution in [0.5, 0.6) is 5.75 Å². The lowest BCUT2D eigenvalue weighted by molar-refractivity contribution is -0.132. The molecule has 0 unspecified atom stereocenters. The number of likely N-dealkylation sites (N-methyl/N-ethyl adjacent to an activating group) is 1. The predicted octanol–water partition coefficient (Wildman–Crippen LogP) is 2.77. The second kappa shape index (κ2) is 7.97. The Hall–Kier alpha value is -2.34. The molecule has 0 aromatic heterocycles. The number of carbonyl (C=O) groups is 1. The quantitative estimate of drug-likeness (QED) is 0.772. The highest BCUT2D eigenvalue weighted by Crippen LogP contribution is 2.22. The Morgan fingerprint density at radius 1 is 0.917 bits per heavy atom. The number of hydrogen-bond donors (Lipinski definition) is 0. The Morgan fingerprint density at radius 3 is 2.00 bits per heavy atom. The lowest BCUT2D eigenvalue weighted by Gasteiger charge is -2.18. The predicted molar refractivity (Wildman–Crippen MR) is 91.8 cm³/mol. The number of carbonyl (C=O) groups excluding carboxylic acids is 1. The summed E-state index contributed by atoms with van der Waals surface area (Å²) in [5, 5.41) is 0. The summed E-state index contributed by atoms with van der Waals surface area (Å²) in [7, 11) is -3.54. The Bertz CT molecular complexity index is 766. The molecule has 0 atom stereocenters. The molecule has 0 saturated carbocycles. The van der Waals surface area contributed by atoms with Crippen molar-refractivity contribution in [1.29, 1.82) is 0 Å². The third-order valence-electron chi connectivity index (χ3n) is 3.67. The molecule has 2 aromatic carbocycles. The molecule has 1 amide bonds. The van der Waals surface area contributed by atoms with E-state index in [0.717, 1.165) is 0 Å². The Balaban J connectivity index is 2.07. The molecule has 5 nitrogen and oxygen atoms in total. The van der Waals surface area contributed by atoms with Crippen LogP contribution in [0.25, 0.3) is 0 Å². The molecule has 24 heavy (non-hydrogen) atoms. The van der Waals surface area contributed by atoms with Crippen LogP contribution in [0.15, 0.2) is 64.4 Å². The third-order valence-corrected chi connectivity index (χ3v) is 5.45. The first kappa shape index (κ1) is 18.0. The minimum absolute atomic E-state index is 0.0630. The monoisotopic (exact) mass is 347 g/mol. The largest absolute Gasteiger partial charge is 0.484 e. The first-order valence-corrected chi connectivity index (χ1v) is 9.28. The highest BCUT2D eigenvalue weighted by Gasteiger charge is 2.17. The molecule has 0 radical (unpaired) electrons. The van der Waals surface area contributed by atoms with Gasteiger partial charge in [0.1, 0.15) is 5.75 Å². The summed E-state index contributed by atoms with van der Waals surface area (Å²) >= 11 is 0. The maximum Gasteiger partial charge on any atom is 0.260 e. The van der Waals surface area contributed by atoms with Gasteiger partial charge in [0.2, 0.25) is 9.84 Å². The number of sulfone groups is 1. The van der Waals surface area contributed by atoms with Crippen molar-refractivity contribution in [3.05, 3.63) is 54.6 Å². The number of nitrogens with zero attached hydrogens (tertiary/aromatic N) is 1.